The molecule has 0 heterocycles. The van der Waals surface area contributed by atoms with Crippen LogP contribution in [0.3, 0.4) is 0 Å². The Morgan fingerprint density at radius 1 is 1.11 bits per heavy atom. The highest BCUT2D eigenvalue weighted by molar-refractivity contribution is 5.89. The number of carbonyl (C=O) groups excluding carboxylic acids is 1. The van der Waals surface area contributed by atoms with E-state index in [-0.39, 0.29) is 12.1 Å². The zero-order chi connectivity index (χ0) is 20.5. The molecular weight excluding hydrogens is 350 g/mol. The number of nitrogens with zero attached hydrogens (tertiary/aromatic N) is 1. The molecule has 0 saturated carbocycles. The van der Waals surface area contributed by atoms with E-state index in [2.05, 4.69) is 73.7 Å². The fourth-order valence-electron chi connectivity index (χ4n) is 3.16. The van der Waals surface area contributed by atoms with E-state index in [1.54, 1.807) is 0 Å². The van der Waals surface area contributed by atoms with Gasteiger partial charge in [-0.2, -0.15) is 0 Å². The maximum atomic E-state index is 11.5. The summed E-state index contributed by atoms with van der Waals surface area (Å²) in [6, 6.07) is 14.1. The lowest BCUT2D eigenvalue weighted by molar-refractivity contribution is 0.161. The molecule has 0 bridgehead atoms. The molecule has 28 heavy (non-hydrogen) atoms. The quantitative estimate of drug-likeness (QED) is 0.675. The molecule has 1 atom stereocenters. The molecule has 2 amide bonds. The molecule has 2 N–H and O–H groups in total. The van der Waals surface area contributed by atoms with Gasteiger partial charge in [-0.1, -0.05) is 30.3 Å². The standard InChI is InChI=1S/C23H33N3O2/c1-6-24-23(27)25-21-12-10-20(11-13-21)14-15-26(5)16-19(4)28-22-17(2)8-7-9-18(22)3/h7-13,19H,6,14-16H2,1-5H3,(H2,24,25,27). The van der Waals surface area contributed by atoms with Gasteiger partial charge in [0.1, 0.15) is 11.9 Å². The van der Waals surface area contributed by atoms with E-state index in [1.807, 2.05) is 19.1 Å². The van der Waals surface area contributed by atoms with Gasteiger partial charge in [-0.05, 0) is 70.0 Å². The lowest BCUT2D eigenvalue weighted by Crippen LogP contribution is -2.32. The molecule has 0 fully saturated rings. The van der Waals surface area contributed by atoms with Crippen molar-refractivity contribution in [3.05, 3.63) is 59.2 Å². The molecule has 2 aromatic rings. The number of hydrogen-bond acceptors (Lipinski definition) is 3. The highest BCUT2D eigenvalue weighted by Crippen LogP contribution is 2.23. The van der Waals surface area contributed by atoms with Crippen LogP contribution >= 0.6 is 0 Å². The summed E-state index contributed by atoms with van der Waals surface area (Å²) in [6.45, 7) is 10.6. The van der Waals surface area contributed by atoms with E-state index in [9.17, 15) is 4.79 Å². The molecular formula is C23H33N3O2. The fraction of sp³-hybridized carbons (Fsp3) is 0.435. The van der Waals surface area contributed by atoms with Gasteiger partial charge in [-0.25, -0.2) is 4.79 Å². The van der Waals surface area contributed by atoms with Gasteiger partial charge in [0.25, 0.3) is 0 Å². The van der Waals surface area contributed by atoms with Gasteiger partial charge in [0.05, 0.1) is 0 Å². The molecule has 2 rings (SSSR count). The minimum absolute atomic E-state index is 0.119. The Morgan fingerprint density at radius 2 is 1.75 bits per heavy atom. The zero-order valence-electron chi connectivity index (χ0n) is 17.7. The molecule has 0 radical (unpaired) electrons. The van der Waals surface area contributed by atoms with Crippen molar-refractivity contribution < 1.29 is 9.53 Å². The third-order valence-electron chi connectivity index (χ3n) is 4.63. The Labute approximate surface area is 169 Å². The maximum absolute atomic E-state index is 11.5. The molecule has 0 aliphatic rings. The molecule has 0 saturated heterocycles. The van der Waals surface area contributed by atoms with Gasteiger partial charge in [-0.15, -0.1) is 0 Å². The highest BCUT2D eigenvalue weighted by Gasteiger charge is 2.11. The van der Waals surface area contributed by atoms with Crippen LogP contribution in [0.2, 0.25) is 0 Å². The van der Waals surface area contributed by atoms with Crippen LogP contribution in [0.15, 0.2) is 42.5 Å². The van der Waals surface area contributed by atoms with Gasteiger partial charge in [-0.3, -0.25) is 0 Å². The molecule has 5 heteroatoms. The largest absolute Gasteiger partial charge is 0.489 e. The third-order valence-corrected chi connectivity index (χ3v) is 4.63. The predicted octanol–water partition coefficient (Wildman–Crippen LogP) is 4.39. The molecule has 0 aromatic heterocycles. The molecule has 1 unspecified atom stereocenters. The van der Waals surface area contributed by atoms with Gasteiger partial charge >= 0.3 is 6.03 Å². The van der Waals surface area contributed by atoms with Crippen molar-refractivity contribution in [2.75, 3.05) is 32.0 Å². The van der Waals surface area contributed by atoms with Crippen LogP contribution in [0.25, 0.3) is 0 Å². The minimum atomic E-state index is -0.173. The van der Waals surface area contributed by atoms with E-state index in [1.165, 1.54) is 16.7 Å². The normalized spacial score (nSPS) is 11.9. The van der Waals surface area contributed by atoms with Crippen molar-refractivity contribution in [3.8, 4) is 5.75 Å². The number of anilines is 1. The number of hydrogen-bond donors (Lipinski definition) is 2. The Kier molecular flexibility index (Phi) is 8.33. The summed E-state index contributed by atoms with van der Waals surface area (Å²) in [5, 5.41) is 5.54. The molecule has 2 aromatic carbocycles. The number of nitrogens with one attached hydrogen (secondary N) is 2. The summed E-state index contributed by atoms with van der Waals surface area (Å²) in [5.74, 6) is 0.999. The van der Waals surface area contributed by atoms with Crippen LogP contribution in [-0.2, 0) is 6.42 Å². The van der Waals surface area contributed by atoms with Crippen LogP contribution in [0, 0.1) is 13.8 Å². The van der Waals surface area contributed by atoms with E-state index < -0.39 is 0 Å². The number of para-hydroxylation sites is 1. The highest BCUT2D eigenvalue weighted by atomic mass is 16.5. The average molecular weight is 384 g/mol. The summed E-state index contributed by atoms with van der Waals surface area (Å²) in [4.78, 5) is 13.8. The van der Waals surface area contributed by atoms with Gasteiger partial charge in [0.2, 0.25) is 0 Å². The van der Waals surface area contributed by atoms with Crippen molar-refractivity contribution >= 4 is 11.7 Å². The topological polar surface area (TPSA) is 53.6 Å². The molecule has 0 spiro atoms. The van der Waals surface area contributed by atoms with Crippen molar-refractivity contribution in [2.45, 2.75) is 40.2 Å². The Morgan fingerprint density at radius 3 is 2.36 bits per heavy atom. The molecule has 0 aliphatic carbocycles. The summed E-state index contributed by atoms with van der Waals surface area (Å²) in [6.07, 6.45) is 1.07. The monoisotopic (exact) mass is 383 g/mol. The number of benzene rings is 2. The Bertz CT molecular complexity index is 739. The number of aryl methyl sites for hydroxylation is 2. The second-order valence-corrected chi connectivity index (χ2v) is 7.34. The van der Waals surface area contributed by atoms with Crippen LogP contribution < -0.4 is 15.4 Å². The SMILES string of the molecule is CCNC(=O)Nc1ccc(CCN(C)CC(C)Oc2c(C)cccc2C)cc1. The maximum Gasteiger partial charge on any atom is 0.319 e. The van der Waals surface area contributed by atoms with Crippen molar-refractivity contribution in [2.24, 2.45) is 0 Å². The van der Waals surface area contributed by atoms with Crippen molar-refractivity contribution in [1.29, 1.82) is 0 Å². The summed E-state index contributed by atoms with van der Waals surface area (Å²) < 4.78 is 6.18. The summed E-state index contributed by atoms with van der Waals surface area (Å²) >= 11 is 0. The number of urea groups is 1. The van der Waals surface area contributed by atoms with Crippen LogP contribution in [0.4, 0.5) is 10.5 Å². The smallest absolute Gasteiger partial charge is 0.319 e. The van der Waals surface area contributed by atoms with Gasteiger partial charge < -0.3 is 20.3 Å². The summed E-state index contributed by atoms with van der Waals surface area (Å²) in [7, 11) is 2.12. The lowest BCUT2D eigenvalue weighted by Gasteiger charge is -2.24. The summed E-state index contributed by atoms with van der Waals surface area (Å²) in [5.41, 5.74) is 4.40. The van der Waals surface area contributed by atoms with E-state index in [4.69, 9.17) is 4.74 Å². The van der Waals surface area contributed by atoms with Crippen LogP contribution in [-0.4, -0.2) is 43.7 Å². The number of carbonyl (C=O) groups is 1. The Hall–Kier alpha value is -2.53. The molecule has 5 nitrogen and oxygen atoms in total. The number of rotatable bonds is 9. The van der Waals surface area contributed by atoms with E-state index in [0.717, 1.165) is 30.9 Å². The van der Waals surface area contributed by atoms with Crippen molar-refractivity contribution in [1.82, 2.24) is 10.2 Å². The molecule has 0 aliphatic heterocycles. The van der Waals surface area contributed by atoms with Crippen LogP contribution in [0.1, 0.15) is 30.5 Å². The number of ether oxygens (including phenoxy) is 1. The van der Waals surface area contributed by atoms with Gasteiger partial charge in [0, 0.05) is 25.3 Å². The first-order chi connectivity index (χ1) is 13.4. The second-order valence-electron chi connectivity index (χ2n) is 7.34. The Balaban J connectivity index is 1.78. The number of likely N-dealkylation sites (N-methyl/N-ethyl adjacent to an activating group) is 1. The first-order valence-corrected chi connectivity index (χ1v) is 9.94. The van der Waals surface area contributed by atoms with Gasteiger partial charge in [0.15, 0.2) is 0 Å². The van der Waals surface area contributed by atoms with Crippen LogP contribution in [0.5, 0.6) is 5.75 Å². The van der Waals surface area contributed by atoms with E-state index in [0.29, 0.717) is 6.54 Å². The first-order valence-electron chi connectivity index (χ1n) is 9.94. The first kappa shape index (κ1) is 21.8. The lowest BCUT2D eigenvalue weighted by atomic mass is 10.1. The second kappa shape index (κ2) is 10.7. The number of amides is 2. The van der Waals surface area contributed by atoms with E-state index >= 15 is 0 Å². The third kappa shape index (κ3) is 6.89. The zero-order valence-corrected chi connectivity index (χ0v) is 17.7. The average Bonchev–Trinajstić information content (AvgIpc) is 2.64. The van der Waals surface area contributed by atoms with Crippen molar-refractivity contribution in [3.63, 3.8) is 0 Å². The predicted molar refractivity (Wildman–Crippen MR) is 116 cm³/mol. The minimum Gasteiger partial charge on any atom is -0.489 e. The molecule has 152 valence electrons. The fourth-order valence-corrected chi connectivity index (χ4v) is 3.16.